The Kier molecular flexibility index (Phi) is 4.90. The number of hydrogen-bond acceptors (Lipinski definition) is 3. The van der Waals surface area contributed by atoms with E-state index in [1.54, 1.807) is 4.90 Å². The summed E-state index contributed by atoms with van der Waals surface area (Å²) in [4.78, 5) is 14.8. The Labute approximate surface area is 165 Å². The van der Waals surface area contributed by atoms with Crippen LogP contribution < -0.4 is 4.74 Å². The highest BCUT2D eigenvalue weighted by atomic mass is 16.5. The van der Waals surface area contributed by atoms with Gasteiger partial charge in [-0.3, -0.25) is 4.79 Å². The Morgan fingerprint density at radius 3 is 2.64 bits per heavy atom. The van der Waals surface area contributed by atoms with Gasteiger partial charge in [0.1, 0.15) is 12.4 Å². The summed E-state index contributed by atoms with van der Waals surface area (Å²) in [6.45, 7) is 5.03. The van der Waals surface area contributed by atoms with Crippen LogP contribution in [0.4, 0.5) is 0 Å². The molecule has 3 aromatic rings. The minimum Gasteiger partial charge on any atom is -0.492 e. The second-order valence-electron chi connectivity index (χ2n) is 7.41. The fourth-order valence-electron chi connectivity index (χ4n) is 3.84. The predicted molar refractivity (Wildman–Crippen MR) is 109 cm³/mol. The number of rotatable bonds is 4. The highest BCUT2D eigenvalue weighted by Gasteiger charge is 2.29. The van der Waals surface area contributed by atoms with Crippen LogP contribution in [-0.2, 0) is 17.8 Å². The molecule has 0 saturated carbocycles. The average Bonchev–Trinajstić information content (AvgIpc) is 3.01. The van der Waals surface area contributed by atoms with Crippen molar-refractivity contribution in [1.29, 1.82) is 0 Å². The van der Waals surface area contributed by atoms with Crippen molar-refractivity contribution in [2.24, 2.45) is 5.92 Å². The lowest BCUT2D eigenvalue weighted by Gasteiger charge is -2.28. The summed E-state index contributed by atoms with van der Waals surface area (Å²) in [5, 5.41) is 4.69. The van der Waals surface area contributed by atoms with Crippen LogP contribution in [0.2, 0.25) is 0 Å². The normalized spacial score (nSPS) is 15.6. The first-order chi connectivity index (χ1) is 13.5. The van der Waals surface area contributed by atoms with E-state index in [2.05, 4.69) is 12.0 Å². The van der Waals surface area contributed by atoms with Crippen LogP contribution in [0.25, 0.3) is 5.69 Å². The zero-order chi connectivity index (χ0) is 19.7. The number of benzene rings is 2. The minimum atomic E-state index is -0.148. The molecule has 1 aliphatic rings. The number of amides is 1. The van der Waals surface area contributed by atoms with Crippen molar-refractivity contribution in [2.45, 2.75) is 26.8 Å². The molecule has 0 fully saturated rings. The highest BCUT2D eigenvalue weighted by molar-refractivity contribution is 5.79. The van der Waals surface area contributed by atoms with E-state index in [9.17, 15) is 4.79 Å². The maximum atomic E-state index is 13.0. The van der Waals surface area contributed by atoms with E-state index >= 15 is 0 Å². The lowest BCUT2D eigenvalue weighted by Crippen LogP contribution is -2.38. The zero-order valence-corrected chi connectivity index (χ0v) is 16.6. The van der Waals surface area contributed by atoms with Gasteiger partial charge in [-0.1, -0.05) is 36.4 Å². The Bertz CT molecular complexity index is 994. The average molecular weight is 375 g/mol. The fourth-order valence-corrected chi connectivity index (χ4v) is 3.84. The highest BCUT2D eigenvalue weighted by Crippen LogP contribution is 2.28. The van der Waals surface area contributed by atoms with Gasteiger partial charge in [-0.2, -0.15) is 5.10 Å². The number of carbonyl (C=O) groups is 1. The van der Waals surface area contributed by atoms with Gasteiger partial charge in [-0.15, -0.1) is 0 Å². The number of nitrogens with zero attached hydrogens (tertiary/aromatic N) is 3. The number of hydrogen-bond donors (Lipinski definition) is 0. The van der Waals surface area contributed by atoms with Gasteiger partial charge in [0.05, 0.1) is 17.3 Å². The van der Waals surface area contributed by atoms with Gasteiger partial charge >= 0.3 is 0 Å². The molecule has 1 unspecified atom stereocenters. The van der Waals surface area contributed by atoms with Gasteiger partial charge in [0, 0.05) is 24.8 Å². The molecule has 1 aromatic heterocycles. The molecule has 144 valence electrons. The molecule has 4 rings (SSSR count). The molecule has 5 heteroatoms. The summed E-state index contributed by atoms with van der Waals surface area (Å²) in [6.07, 6.45) is 0.723. The topological polar surface area (TPSA) is 47.4 Å². The Balaban J connectivity index is 1.50. The molecule has 1 amide bonds. The number of ether oxygens (including phenoxy) is 1. The lowest BCUT2D eigenvalue weighted by atomic mass is 9.95. The van der Waals surface area contributed by atoms with E-state index in [0.29, 0.717) is 13.2 Å². The van der Waals surface area contributed by atoms with Crippen LogP contribution in [0.1, 0.15) is 22.5 Å². The van der Waals surface area contributed by atoms with Gasteiger partial charge in [0.2, 0.25) is 5.91 Å². The predicted octanol–water partition coefficient (Wildman–Crippen LogP) is 3.70. The molecular formula is C23H25N3O2. The number of fused-ring (bicyclic) bond motifs is 1. The summed E-state index contributed by atoms with van der Waals surface area (Å²) in [6, 6.07) is 18.0. The van der Waals surface area contributed by atoms with Crippen LogP contribution in [0.15, 0.2) is 54.6 Å². The van der Waals surface area contributed by atoms with Crippen LogP contribution in [0.3, 0.4) is 0 Å². The van der Waals surface area contributed by atoms with Crippen molar-refractivity contribution in [2.75, 3.05) is 13.7 Å². The first kappa shape index (κ1) is 18.3. The summed E-state index contributed by atoms with van der Waals surface area (Å²) >= 11 is 0. The van der Waals surface area contributed by atoms with Gasteiger partial charge in [0.25, 0.3) is 0 Å². The van der Waals surface area contributed by atoms with E-state index in [1.807, 2.05) is 73.3 Å². The van der Waals surface area contributed by atoms with E-state index in [1.165, 1.54) is 0 Å². The Morgan fingerprint density at radius 2 is 1.86 bits per heavy atom. The van der Waals surface area contributed by atoms with Gasteiger partial charge < -0.3 is 9.64 Å². The first-order valence-electron chi connectivity index (χ1n) is 9.61. The van der Waals surface area contributed by atoms with Crippen LogP contribution in [-0.4, -0.2) is 34.2 Å². The fraction of sp³-hybridized carbons (Fsp3) is 0.304. The van der Waals surface area contributed by atoms with Crippen molar-refractivity contribution in [1.82, 2.24) is 14.7 Å². The molecule has 0 N–H and O–H groups in total. The van der Waals surface area contributed by atoms with Crippen molar-refractivity contribution >= 4 is 5.91 Å². The zero-order valence-electron chi connectivity index (χ0n) is 16.6. The summed E-state index contributed by atoms with van der Waals surface area (Å²) in [5.41, 5.74) is 5.24. The van der Waals surface area contributed by atoms with Gasteiger partial charge in [-0.05, 0) is 44.0 Å². The van der Waals surface area contributed by atoms with Crippen molar-refractivity contribution in [3.05, 3.63) is 77.1 Å². The standard InChI is InChI=1S/C23H25N3O2/c1-16-21(17(2)26(24-16)20-10-5-4-6-11-20)14-25(3)23(27)19-13-18-9-7-8-12-22(18)28-15-19/h4-12,19H,13-15H2,1-3H3. The third-order valence-corrected chi connectivity index (χ3v) is 5.44. The van der Waals surface area contributed by atoms with Crippen molar-refractivity contribution in [3.8, 4) is 11.4 Å². The van der Waals surface area contributed by atoms with Crippen LogP contribution in [0.5, 0.6) is 5.75 Å². The molecular weight excluding hydrogens is 350 g/mol. The van der Waals surface area contributed by atoms with E-state index in [0.717, 1.165) is 40.4 Å². The van der Waals surface area contributed by atoms with Gasteiger partial charge in [0.15, 0.2) is 0 Å². The molecule has 5 nitrogen and oxygen atoms in total. The van der Waals surface area contributed by atoms with E-state index < -0.39 is 0 Å². The van der Waals surface area contributed by atoms with Crippen LogP contribution in [0, 0.1) is 19.8 Å². The molecule has 0 saturated heterocycles. The molecule has 0 radical (unpaired) electrons. The maximum absolute atomic E-state index is 13.0. The monoisotopic (exact) mass is 375 g/mol. The molecule has 28 heavy (non-hydrogen) atoms. The van der Waals surface area contributed by atoms with Crippen LogP contribution >= 0.6 is 0 Å². The lowest BCUT2D eigenvalue weighted by molar-refractivity contribution is -0.136. The smallest absolute Gasteiger partial charge is 0.229 e. The SMILES string of the molecule is Cc1nn(-c2ccccc2)c(C)c1CN(C)C(=O)C1COc2ccccc2C1. The van der Waals surface area contributed by atoms with Gasteiger partial charge in [-0.25, -0.2) is 4.68 Å². The second-order valence-corrected chi connectivity index (χ2v) is 7.41. The summed E-state index contributed by atoms with van der Waals surface area (Å²) < 4.78 is 7.75. The Morgan fingerprint density at radius 1 is 1.14 bits per heavy atom. The maximum Gasteiger partial charge on any atom is 0.229 e. The van der Waals surface area contributed by atoms with E-state index in [-0.39, 0.29) is 11.8 Å². The number of carbonyl (C=O) groups excluding carboxylic acids is 1. The van der Waals surface area contributed by atoms with E-state index in [4.69, 9.17) is 4.74 Å². The molecule has 1 aliphatic heterocycles. The molecule has 1 atom stereocenters. The first-order valence-corrected chi connectivity index (χ1v) is 9.61. The number of aromatic nitrogens is 2. The molecule has 2 aromatic carbocycles. The second kappa shape index (κ2) is 7.50. The number of aryl methyl sites for hydroxylation is 1. The third kappa shape index (κ3) is 3.40. The summed E-state index contributed by atoms with van der Waals surface area (Å²) in [7, 11) is 1.86. The molecule has 0 aliphatic carbocycles. The molecule has 0 spiro atoms. The Hall–Kier alpha value is -3.08. The van der Waals surface area contributed by atoms with Crippen molar-refractivity contribution in [3.63, 3.8) is 0 Å². The largest absolute Gasteiger partial charge is 0.492 e. The number of para-hydroxylation sites is 2. The summed E-state index contributed by atoms with van der Waals surface area (Å²) in [5.74, 6) is 0.857. The molecule has 0 bridgehead atoms. The van der Waals surface area contributed by atoms with Crippen molar-refractivity contribution < 1.29 is 9.53 Å². The minimum absolute atomic E-state index is 0.112. The third-order valence-electron chi connectivity index (χ3n) is 5.44. The quantitative estimate of drug-likeness (QED) is 0.699. The molecule has 2 heterocycles.